The fraction of sp³-hybridized carbons (Fsp3) is 0.750. The van der Waals surface area contributed by atoms with E-state index >= 15 is 0 Å². The molecule has 0 bridgehead atoms. The molecule has 0 aliphatic carbocycles. The second kappa shape index (κ2) is 8.17. The third-order valence-corrected chi connectivity index (χ3v) is 4.40. The Bertz CT molecular complexity index is 437. The normalized spacial score (nSPS) is 17.6. The molecule has 0 saturated carbocycles. The molecule has 1 amide bonds. The molecule has 0 radical (unpaired) electrons. The predicted octanol–water partition coefficient (Wildman–Crippen LogP) is 2.65. The minimum atomic E-state index is 0.110. The number of rotatable bonds is 7. The minimum absolute atomic E-state index is 0.110. The standard InChI is InChI=1S/C16H28N4O/c1-3-4-11-20-15(7-10-18-20)19-16(21)12-13(2)14-5-8-17-9-6-14/h7,10,13-14,17H,3-6,8-9,11-12H2,1-2H3,(H,19,21). The molecular weight excluding hydrogens is 264 g/mol. The van der Waals surface area contributed by atoms with Crippen LogP contribution in [0.15, 0.2) is 12.3 Å². The highest BCUT2D eigenvalue weighted by Gasteiger charge is 2.22. The summed E-state index contributed by atoms with van der Waals surface area (Å²) in [7, 11) is 0. The average Bonchev–Trinajstić information content (AvgIpc) is 2.93. The molecule has 1 saturated heterocycles. The number of anilines is 1. The van der Waals surface area contributed by atoms with Crippen molar-refractivity contribution in [1.29, 1.82) is 0 Å². The van der Waals surface area contributed by atoms with Crippen molar-refractivity contribution >= 4 is 11.7 Å². The van der Waals surface area contributed by atoms with Crippen LogP contribution in [0.3, 0.4) is 0 Å². The summed E-state index contributed by atoms with van der Waals surface area (Å²) >= 11 is 0. The van der Waals surface area contributed by atoms with Crippen molar-refractivity contribution in [2.24, 2.45) is 11.8 Å². The Morgan fingerprint density at radius 2 is 2.29 bits per heavy atom. The summed E-state index contributed by atoms with van der Waals surface area (Å²) in [6.45, 7) is 7.39. The van der Waals surface area contributed by atoms with E-state index in [4.69, 9.17) is 0 Å². The van der Waals surface area contributed by atoms with Crippen LogP contribution >= 0.6 is 0 Å². The van der Waals surface area contributed by atoms with Crippen molar-refractivity contribution < 1.29 is 4.79 Å². The van der Waals surface area contributed by atoms with Gasteiger partial charge in [0.1, 0.15) is 5.82 Å². The van der Waals surface area contributed by atoms with Crippen LogP contribution in [0.25, 0.3) is 0 Å². The summed E-state index contributed by atoms with van der Waals surface area (Å²) < 4.78 is 1.89. The Morgan fingerprint density at radius 3 is 3.00 bits per heavy atom. The molecular formula is C16H28N4O. The molecule has 1 aliphatic heterocycles. The fourth-order valence-electron chi connectivity index (χ4n) is 2.99. The summed E-state index contributed by atoms with van der Waals surface area (Å²) in [4.78, 5) is 12.2. The van der Waals surface area contributed by atoms with Gasteiger partial charge in [-0.05, 0) is 44.2 Å². The summed E-state index contributed by atoms with van der Waals surface area (Å²) in [5, 5.41) is 10.7. The van der Waals surface area contributed by atoms with E-state index in [0.29, 0.717) is 18.3 Å². The van der Waals surface area contributed by atoms with Crippen LogP contribution in [-0.2, 0) is 11.3 Å². The Labute approximate surface area is 127 Å². The van der Waals surface area contributed by atoms with E-state index in [1.54, 1.807) is 6.20 Å². The van der Waals surface area contributed by atoms with Crippen LogP contribution in [0.5, 0.6) is 0 Å². The number of nitrogens with zero attached hydrogens (tertiary/aromatic N) is 2. The Balaban J connectivity index is 1.82. The van der Waals surface area contributed by atoms with Crippen molar-refractivity contribution in [2.75, 3.05) is 18.4 Å². The molecule has 5 nitrogen and oxygen atoms in total. The van der Waals surface area contributed by atoms with Crippen molar-refractivity contribution in [2.45, 2.75) is 52.5 Å². The van der Waals surface area contributed by atoms with Gasteiger partial charge in [0.15, 0.2) is 0 Å². The van der Waals surface area contributed by atoms with Gasteiger partial charge in [-0.3, -0.25) is 4.79 Å². The van der Waals surface area contributed by atoms with Gasteiger partial charge in [-0.25, -0.2) is 4.68 Å². The van der Waals surface area contributed by atoms with E-state index < -0.39 is 0 Å². The molecule has 21 heavy (non-hydrogen) atoms. The van der Waals surface area contributed by atoms with Gasteiger partial charge in [0.25, 0.3) is 0 Å². The lowest BCUT2D eigenvalue weighted by atomic mass is 9.84. The number of hydrogen-bond acceptors (Lipinski definition) is 3. The van der Waals surface area contributed by atoms with Gasteiger partial charge in [0.05, 0.1) is 6.20 Å². The predicted molar refractivity (Wildman–Crippen MR) is 85.1 cm³/mol. The van der Waals surface area contributed by atoms with Gasteiger partial charge < -0.3 is 10.6 Å². The number of amides is 1. The number of carbonyl (C=O) groups excluding carboxylic acids is 1. The van der Waals surface area contributed by atoms with Crippen LogP contribution in [0.1, 0.15) is 46.0 Å². The minimum Gasteiger partial charge on any atom is -0.317 e. The lowest BCUT2D eigenvalue weighted by Gasteiger charge is -2.27. The van der Waals surface area contributed by atoms with Gasteiger partial charge in [-0.2, -0.15) is 5.10 Å². The van der Waals surface area contributed by atoms with Crippen LogP contribution < -0.4 is 10.6 Å². The lowest BCUT2D eigenvalue weighted by Crippen LogP contribution is -2.32. The first-order valence-corrected chi connectivity index (χ1v) is 8.23. The molecule has 1 aliphatic rings. The molecule has 1 aromatic heterocycles. The van der Waals surface area contributed by atoms with Crippen molar-refractivity contribution in [3.63, 3.8) is 0 Å². The first kappa shape index (κ1) is 16.0. The zero-order chi connectivity index (χ0) is 15.1. The van der Waals surface area contributed by atoms with Gasteiger partial charge in [-0.1, -0.05) is 20.3 Å². The molecule has 0 spiro atoms. The smallest absolute Gasteiger partial charge is 0.225 e. The molecule has 1 atom stereocenters. The van der Waals surface area contributed by atoms with Gasteiger partial charge in [-0.15, -0.1) is 0 Å². The van der Waals surface area contributed by atoms with Crippen LogP contribution in [-0.4, -0.2) is 28.8 Å². The lowest BCUT2D eigenvalue weighted by molar-refractivity contribution is -0.117. The fourth-order valence-corrected chi connectivity index (χ4v) is 2.99. The Morgan fingerprint density at radius 1 is 1.52 bits per heavy atom. The topological polar surface area (TPSA) is 59.0 Å². The molecule has 2 heterocycles. The first-order valence-electron chi connectivity index (χ1n) is 8.23. The van der Waals surface area contributed by atoms with Gasteiger partial charge in [0, 0.05) is 19.0 Å². The quantitative estimate of drug-likeness (QED) is 0.812. The number of piperidine rings is 1. The highest BCUT2D eigenvalue weighted by atomic mass is 16.1. The molecule has 2 rings (SSSR count). The SMILES string of the molecule is CCCCn1nccc1NC(=O)CC(C)C1CCNCC1. The summed E-state index contributed by atoms with van der Waals surface area (Å²) in [5.41, 5.74) is 0. The zero-order valence-electron chi connectivity index (χ0n) is 13.3. The Kier molecular flexibility index (Phi) is 6.23. The molecule has 1 unspecified atom stereocenters. The first-order chi connectivity index (χ1) is 10.2. The summed E-state index contributed by atoms with van der Waals surface area (Å²) in [6.07, 6.45) is 6.92. The molecule has 118 valence electrons. The maximum atomic E-state index is 12.2. The van der Waals surface area contributed by atoms with E-state index in [1.165, 1.54) is 12.8 Å². The molecule has 1 fully saturated rings. The number of nitrogens with one attached hydrogen (secondary N) is 2. The van der Waals surface area contributed by atoms with Gasteiger partial charge in [0.2, 0.25) is 5.91 Å². The average molecular weight is 292 g/mol. The number of carbonyl (C=O) groups is 1. The maximum absolute atomic E-state index is 12.2. The van der Waals surface area contributed by atoms with Gasteiger partial charge >= 0.3 is 0 Å². The van der Waals surface area contributed by atoms with E-state index in [-0.39, 0.29) is 5.91 Å². The monoisotopic (exact) mass is 292 g/mol. The summed E-state index contributed by atoms with van der Waals surface area (Å²) in [6, 6.07) is 1.88. The van der Waals surface area contributed by atoms with Crippen molar-refractivity contribution in [3.05, 3.63) is 12.3 Å². The van der Waals surface area contributed by atoms with Crippen LogP contribution in [0.4, 0.5) is 5.82 Å². The molecule has 2 N–H and O–H groups in total. The molecule has 0 aromatic carbocycles. The highest BCUT2D eigenvalue weighted by Crippen LogP contribution is 2.24. The highest BCUT2D eigenvalue weighted by molar-refractivity contribution is 5.89. The third kappa shape index (κ3) is 4.84. The number of unbranched alkanes of at least 4 members (excludes halogenated alkanes) is 1. The Hall–Kier alpha value is -1.36. The second-order valence-electron chi connectivity index (χ2n) is 6.11. The zero-order valence-corrected chi connectivity index (χ0v) is 13.3. The van der Waals surface area contributed by atoms with Crippen LogP contribution in [0, 0.1) is 11.8 Å². The van der Waals surface area contributed by atoms with Crippen molar-refractivity contribution in [3.8, 4) is 0 Å². The van der Waals surface area contributed by atoms with E-state index in [1.807, 2.05) is 10.7 Å². The number of aryl methyl sites for hydroxylation is 1. The largest absolute Gasteiger partial charge is 0.317 e. The van der Waals surface area contributed by atoms with Crippen molar-refractivity contribution in [1.82, 2.24) is 15.1 Å². The number of hydrogen-bond donors (Lipinski definition) is 2. The third-order valence-electron chi connectivity index (χ3n) is 4.40. The number of aromatic nitrogens is 2. The molecule has 5 heteroatoms. The molecule has 1 aromatic rings. The summed E-state index contributed by atoms with van der Waals surface area (Å²) in [5.74, 6) is 2.05. The maximum Gasteiger partial charge on any atom is 0.225 e. The van der Waals surface area contributed by atoms with E-state index in [0.717, 1.165) is 38.3 Å². The van der Waals surface area contributed by atoms with E-state index in [9.17, 15) is 4.79 Å². The van der Waals surface area contributed by atoms with Crippen LogP contribution in [0.2, 0.25) is 0 Å². The van der Waals surface area contributed by atoms with E-state index in [2.05, 4.69) is 29.6 Å². The second-order valence-corrected chi connectivity index (χ2v) is 6.11.